The third-order valence-electron chi connectivity index (χ3n) is 4.26. The molecule has 0 bridgehead atoms. The van der Waals surface area contributed by atoms with Crippen LogP contribution in [0, 0.1) is 23.6 Å². The molecule has 3 heteroatoms. The SMILES string of the molecule is OC(Cc1cc(Cl)ccc1F)C1CC2CC2C1. The number of rotatable bonds is 3. The van der Waals surface area contributed by atoms with Gasteiger partial charge in [-0.1, -0.05) is 11.6 Å². The largest absolute Gasteiger partial charge is 0.392 e. The van der Waals surface area contributed by atoms with E-state index in [-0.39, 0.29) is 5.82 Å². The van der Waals surface area contributed by atoms with Crippen molar-refractivity contribution in [3.05, 3.63) is 34.6 Å². The summed E-state index contributed by atoms with van der Waals surface area (Å²) >= 11 is 5.84. The molecule has 3 atom stereocenters. The fourth-order valence-corrected chi connectivity index (χ4v) is 3.36. The number of hydrogen-bond donors (Lipinski definition) is 1. The summed E-state index contributed by atoms with van der Waals surface area (Å²) < 4.78 is 13.5. The normalized spacial score (nSPS) is 32.3. The van der Waals surface area contributed by atoms with E-state index in [4.69, 9.17) is 11.6 Å². The minimum Gasteiger partial charge on any atom is -0.392 e. The average molecular weight is 255 g/mol. The zero-order valence-corrected chi connectivity index (χ0v) is 10.3. The highest BCUT2D eigenvalue weighted by Gasteiger charge is 2.47. The van der Waals surface area contributed by atoms with Gasteiger partial charge in [-0.15, -0.1) is 0 Å². The first kappa shape index (κ1) is 11.5. The van der Waals surface area contributed by atoms with Crippen LogP contribution in [-0.4, -0.2) is 11.2 Å². The van der Waals surface area contributed by atoms with Gasteiger partial charge in [-0.2, -0.15) is 0 Å². The van der Waals surface area contributed by atoms with E-state index in [1.807, 2.05) is 0 Å². The van der Waals surface area contributed by atoms with Gasteiger partial charge in [-0.25, -0.2) is 4.39 Å². The van der Waals surface area contributed by atoms with Crippen molar-refractivity contribution >= 4 is 11.6 Å². The average Bonchev–Trinajstić information content (AvgIpc) is 2.91. The van der Waals surface area contributed by atoms with Crippen molar-refractivity contribution < 1.29 is 9.50 Å². The van der Waals surface area contributed by atoms with Gasteiger partial charge in [0.15, 0.2) is 0 Å². The van der Waals surface area contributed by atoms with Crippen molar-refractivity contribution in [2.75, 3.05) is 0 Å². The zero-order valence-electron chi connectivity index (χ0n) is 9.57. The maximum atomic E-state index is 13.5. The highest BCUT2D eigenvalue weighted by atomic mass is 35.5. The van der Waals surface area contributed by atoms with Crippen LogP contribution < -0.4 is 0 Å². The molecule has 1 nitrogen and oxygen atoms in total. The van der Waals surface area contributed by atoms with Crippen molar-refractivity contribution in [3.8, 4) is 0 Å². The summed E-state index contributed by atoms with van der Waals surface area (Å²) in [4.78, 5) is 0. The first-order chi connectivity index (χ1) is 8.13. The van der Waals surface area contributed by atoms with E-state index in [0.717, 1.165) is 24.7 Å². The lowest BCUT2D eigenvalue weighted by molar-refractivity contribution is 0.103. The Hall–Kier alpha value is -0.600. The molecule has 0 heterocycles. The van der Waals surface area contributed by atoms with Crippen LogP contribution in [0.3, 0.4) is 0 Å². The van der Waals surface area contributed by atoms with Crippen LogP contribution in [-0.2, 0) is 6.42 Å². The molecule has 2 aliphatic carbocycles. The second kappa shape index (κ2) is 4.25. The summed E-state index contributed by atoms with van der Waals surface area (Å²) in [5, 5.41) is 10.7. The van der Waals surface area contributed by atoms with Crippen LogP contribution in [0.1, 0.15) is 24.8 Å². The first-order valence-corrected chi connectivity index (χ1v) is 6.63. The van der Waals surface area contributed by atoms with E-state index in [9.17, 15) is 9.50 Å². The van der Waals surface area contributed by atoms with E-state index in [1.165, 1.54) is 18.6 Å². The van der Waals surface area contributed by atoms with E-state index < -0.39 is 6.10 Å². The quantitative estimate of drug-likeness (QED) is 0.876. The van der Waals surface area contributed by atoms with E-state index in [1.54, 1.807) is 6.07 Å². The van der Waals surface area contributed by atoms with Gasteiger partial charge in [-0.05, 0) is 60.8 Å². The second-order valence-electron chi connectivity index (χ2n) is 5.49. The monoisotopic (exact) mass is 254 g/mol. The molecule has 1 N–H and O–H groups in total. The van der Waals surface area contributed by atoms with Crippen molar-refractivity contribution in [1.29, 1.82) is 0 Å². The predicted octanol–water partition coefficient (Wildman–Crippen LogP) is 3.43. The summed E-state index contributed by atoms with van der Waals surface area (Å²) in [5.74, 6) is 1.78. The van der Waals surface area contributed by atoms with Crippen LogP contribution in [0.2, 0.25) is 5.02 Å². The highest BCUT2D eigenvalue weighted by molar-refractivity contribution is 6.30. The van der Waals surface area contributed by atoms with Gasteiger partial charge in [0.05, 0.1) is 6.10 Å². The zero-order chi connectivity index (χ0) is 12.0. The summed E-state index contributed by atoms with van der Waals surface area (Å²) in [6.07, 6.45) is 3.54. The molecule has 0 aliphatic heterocycles. The standard InChI is InChI=1S/C14H16ClFO/c15-12-1-2-13(16)10(6-12)7-14(17)11-4-8-3-9(8)5-11/h1-2,6,8-9,11,14,17H,3-5,7H2. The van der Waals surface area contributed by atoms with Crippen LogP contribution in [0.15, 0.2) is 18.2 Å². The predicted molar refractivity (Wildman–Crippen MR) is 65.4 cm³/mol. The van der Waals surface area contributed by atoms with Crippen LogP contribution in [0.25, 0.3) is 0 Å². The number of hydrogen-bond acceptors (Lipinski definition) is 1. The van der Waals surface area contributed by atoms with Crippen molar-refractivity contribution in [3.63, 3.8) is 0 Å². The molecule has 2 aliphatic rings. The molecule has 1 aromatic rings. The van der Waals surface area contributed by atoms with E-state index in [2.05, 4.69) is 0 Å². The van der Waals surface area contributed by atoms with Crippen molar-refractivity contribution in [1.82, 2.24) is 0 Å². The number of fused-ring (bicyclic) bond motifs is 1. The number of halogens is 2. The Morgan fingerprint density at radius 1 is 1.29 bits per heavy atom. The summed E-state index contributed by atoms with van der Waals surface area (Å²) in [7, 11) is 0. The van der Waals surface area contributed by atoms with Gasteiger partial charge in [0.1, 0.15) is 5.82 Å². The highest BCUT2D eigenvalue weighted by Crippen LogP contribution is 2.55. The summed E-state index contributed by atoms with van der Waals surface area (Å²) in [5.41, 5.74) is 0.533. The van der Waals surface area contributed by atoms with Gasteiger partial charge in [0.2, 0.25) is 0 Å². The Balaban J connectivity index is 1.67. The van der Waals surface area contributed by atoms with Gasteiger partial charge < -0.3 is 5.11 Å². The Labute approximate surface area is 106 Å². The summed E-state index contributed by atoms with van der Waals surface area (Å²) in [6.45, 7) is 0. The van der Waals surface area contributed by atoms with Crippen molar-refractivity contribution in [2.24, 2.45) is 17.8 Å². The van der Waals surface area contributed by atoms with E-state index in [0.29, 0.717) is 22.9 Å². The number of benzene rings is 1. The van der Waals surface area contributed by atoms with Gasteiger partial charge in [0.25, 0.3) is 0 Å². The third-order valence-corrected chi connectivity index (χ3v) is 4.50. The molecule has 3 unspecified atom stereocenters. The lowest BCUT2D eigenvalue weighted by Crippen LogP contribution is -2.22. The van der Waals surface area contributed by atoms with E-state index >= 15 is 0 Å². The fraction of sp³-hybridized carbons (Fsp3) is 0.571. The molecule has 17 heavy (non-hydrogen) atoms. The minimum absolute atomic E-state index is 0.267. The molecule has 0 radical (unpaired) electrons. The lowest BCUT2D eigenvalue weighted by atomic mass is 9.92. The maximum Gasteiger partial charge on any atom is 0.126 e. The minimum atomic E-state index is -0.421. The topological polar surface area (TPSA) is 20.2 Å². The molecule has 2 saturated carbocycles. The number of aliphatic hydroxyl groups excluding tert-OH is 1. The van der Waals surface area contributed by atoms with Gasteiger partial charge >= 0.3 is 0 Å². The number of aliphatic hydroxyl groups is 1. The molecule has 0 aromatic heterocycles. The lowest BCUT2D eigenvalue weighted by Gasteiger charge is -2.19. The molecule has 2 fully saturated rings. The van der Waals surface area contributed by atoms with Crippen LogP contribution in [0.4, 0.5) is 4.39 Å². The Morgan fingerprint density at radius 2 is 2.00 bits per heavy atom. The second-order valence-corrected chi connectivity index (χ2v) is 5.93. The molecule has 1 aromatic carbocycles. The smallest absolute Gasteiger partial charge is 0.126 e. The van der Waals surface area contributed by atoms with Crippen molar-refractivity contribution in [2.45, 2.75) is 31.8 Å². The Morgan fingerprint density at radius 3 is 2.71 bits per heavy atom. The first-order valence-electron chi connectivity index (χ1n) is 6.25. The molecule has 92 valence electrons. The fourth-order valence-electron chi connectivity index (χ4n) is 3.17. The van der Waals surface area contributed by atoms with Crippen LogP contribution >= 0.6 is 11.6 Å². The Bertz CT molecular complexity index is 424. The Kier molecular flexibility index (Phi) is 2.87. The summed E-state index contributed by atoms with van der Waals surface area (Å²) in [6, 6.07) is 4.53. The van der Waals surface area contributed by atoms with Gasteiger partial charge in [0, 0.05) is 11.4 Å². The molecular formula is C14H16ClFO. The molecule has 0 amide bonds. The molecule has 0 spiro atoms. The molecule has 3 rings (SSSR count). The maximum absolute atomic E-state index is 13.5. The van der Waals surface area contributed by atoms with Crippen LogP contribution in [0.5, 0.6) is 0 Å². The van der Waals surface area contributed by atoms with Gasteiger partial charge in [-0.3, -0.25) is 0 Å². The molecular weight excluding hydrogens is 239 g/mol. The third kappa shape index (κ3) is 2.34. The molecule has 0 saturated heterocycles.